The number of hydrogen-bond acceptors (Lipinski definition) is 0. The molecule has 2 heterocycles. The van der Waals surface area contributed by atoms with Crippen LogP contribution in [0.3, 0.4) is 0 Å². The Hall–Kier alpha value is -6.12. The Morgan fingerprint density at radius 1 is 0.549 bits per heavy atom. The van der Waals surface area contributed by atoms with Gasteiger partial charge < -0.3 is 9.13 Å². The molecule has 0 unspecified atom stereocenters. The second kappa shape index (κ2) is 11.7. The fourth-order valence-corrected chi connectivity index (χ4v) is 8.65. The van der Waals surface area contributed by atoms with Crippen molar-refractivity contribution in [2.75, 3.05) is 0 Å². The number of rotatable bonds is 4. The molecule has 2 aromatic heterocycles. The van der Waals surface area contributed by atoms with Gasteiger partial charge in [0.1, 0.15) is 0 Å². The summed E-state index contributed by atoms with van der Waals surface area (Å²) in [7, 11) is 0. The van der Waals surface area contributed by atoms with Crippen molar-refractivity contribution in [2.45, 2.75) is 33.1 Å². The quantitative estimate of drug-likeness (QED) is 0.167. The first kappa shape index (κ1) is 29.8. The van der Waals surface area contributed by atoms with Crippen LogP contribution in [0.5, 0.6) is 0 Å². The molecule has 0 bridgehead atoms. The Balaban J connectivity index is 1.15. The van der Waals surface area contributed by atoms with Gasteiger partial charge in [-0.2, -0.15) is 0 Å². The smallest absolute Gasteiger partial charge is 0.0546 e. The topological polar surface area (TPSA) is 9.86 Å². The summed E-state index contributed by atoms with van der Waals surface area (Å²) in [6.45, 7) is 4.53. The number of fused-ring (bicyclic) bond motifs is 10. The average Bonchev–Trinajstić information content (AvgIpc) is 3.51. The summed E-state index contributed by atoms with van der Waals surface area (Å²) >= 11 is 0. The predicted octanol–water partition coefficient (Wildman–Crippen LogP) is 13.5. The van der Waals surface area contributed by atoms with E-state index in [0.29, 0.717) is 0 Å². The van der Waals surface area contributed by atoms with E-state index in [0.717, 1.165) is 19.3 Å². The molecule has 0 spiro atoms. The summed E-state index contributed by atoms with van der Waals surface area (Å²) in [5.41, 5.74) is 13.8. The zero-order valence-electron chi connectivity index (χ0n) is 29.0. The molecular weight excluding hydrogens is 617 g/mol. The molecule has 244 valence electrons. The van der Waals surface area contributed by atoms with Gasteiger partial charge in [0.2, 0.25) is 0 Å². The van der Waals surface area contributed by atoms with Gasteiger partial charge >= 0.3 is 0 Å². The average molecular weight is 655 g/mol. The largest absolute Gasteiger partial charge is 0.313 e. The lowest BCUT2D eigenvalue weighted by Gasteiger charge is -2.16. The molecule has 0 saturated heterocycles. The molecule has 0 saturated carbocycles. The van der Waals surface area contributed by atoms with Crippen molar-refractivity contribution in [2.24, 2.45) is 0 Å². The van der Waals surface area contributed by atoms with E-state index in [1.54, 1.807) is 0 Å². The monoisotopic (exact) mass is 654 g/mol. The molecule has 0 amide bonds. The van der Waals surface area contributed by atoms with Crippen LogP contribution in [0.4, 0.5) is 0 Å². The lowest BCUT2D eigenvalue weighted by Crippen LogP contribution is -1.98. The van der Waals surface area contributed by atoms with Crippen molar-refractivity contribution in [1.82, 2.24) is 9.13 Å². The van der Waals surface area contributed by atoms with Gasteiger partial charge in [0.15, 0.2) is 0 Å². The fraction of sp³-hybridized carbons (Fsp3) is 0.102. The van der Waals surface area contributed by atoms with Crippen LogP contribution in [0.25, 0.3) is 89.4 Å². The van der Waals surface area contributed by atoms with Crippen molar-refractivity contribution in [3.63, 3.8) is 0 Å². The fourth-order valence-electron chi connectivity index (χ4n) is 8.65. The third kappa shape index (κ3) is 4.63. The highest BCUT2D eigenvalue weighted by molar-refractivity contribution is 6.16. The Labute approximate surface area is 298 Å². The molecule has 2 heteroatoms. The van der Waals surface area contributed by atoms with Crippen LogP contribution in [0, 0.1) is 6.92 Å². The SMILES string of the molecule is C/C(=C\c1c(C)n(-c2ccc3c(c2)c2c(c4ccccc43)C=CCC=C2)c2ccccc12)c1ccc2c3ccccc3n(C3=CCCC=C3)c2c1. The molecule has 0 N–H and O–H groups in total. The van der Waals surface area contributed by atoms with Crippen molar-refractivity contribution in [3.05, 3.63) is 168 Å². The van der Waals surface area contributed by atoms with Crippen molar-refractivity contribution < 1.29 is 0 Å². The van der Waals surface area contributed by atoms with Crippen LogP contribution in [0.15, 0.2) is 140 Å². The van der Waals surface area contributed by atoms with Crippen molar-refractivity contribution >= 4 is 83.8 Å². The lowest BCUT2D eigenvalue weighted by molar-refractivity contribution is 1.02. The van der Waals surface area contributed by atoms with E-state index in [-0.39, 0.29) is 0 Å². The van der Waals surface area contributed by atoms with E-state index in [9.17, 15) is 0 Å². The molecule has 2 aliphatic carbocycles. The summed E-state index contributed by atoms with van der Waals surface area (Å²) in [4.78, 5) is 0. The summed E-state index contributed by atoms with van der Waals surface area (Å²) in [6.07, 6.45) is 21.7. The van der Waals surface area contributed by atoms with Crippen LogP contribution in [0.2, 0.25) is 0 Å². The highest BCUT2D eigenvalue weighted by atomic mass is 15.0. The van der Waals surface area contributed by atoms with Crippen LogP contribution in [0.1, 0.15) is 54.1 Å². The van der Waals surface area contributed by atoms with Gasteiger partial charge in [-0.25, -0.2) is 0 Å². The second-order valence-electron chi connectivity index (χ2n) is 14.0. The molecule has 51 heavy (non-hydrogen) atoms. The summed E-state index contributed by atoms with van der Waals surface area (Å²) in [6, 6.07) is 40.5. The first-order valence-electron chi connectivity index (χ1n) is 18.2. The van der Waals surface area contributed by atoms with E-state index in [1.807, 2.05) is 0 Å². The maximum absolute atomic E-state index is 2.45. The van der Waals surface area contributed by atoms with Gasteiger partial charge in [0.25, 0.3) is 0 Å². The Morgan fingerprint density at radius 3 is 1.98 bits per heavy atom. The third-order valence-electron chi connectivity index (χ3n) is 11.1. The number of aromatic nitrogens is 2. The lowest BCUT2D eigenvalue weighted by atomic mass is 9.91. The number of allylic oxidation sites excluding steroid dienone is 7. The van der Waals surface area contributed by atoms with E-state index >= 15 is 0 Å². The zero-order chi connectivity index (χ0) is 34.1. The van der Waals surface area contributed by atoms with Crippen molar-refractivity contribution in [3.8, 4) is 5.69 Å². The molecule has 6 aromatic carbocycles. The molecular formula is C49H38N2. The molecule has 8 aromatic rings. The highest BCUT2D eigenvalue weighted by Crippen LogP contribution is 2.40. The minimum absolute atomic E-state index is 0.949. The maximum atomic E-state index is 2.45. The highest BCUT2D eigenvalue weighted by Gasteiger charge is 2.19. The van der Waals surface area contributed by atoms with Crippen LogP contribution < -0.4 is 0 Å². The van der Waals surface area contributed by atoms with E-state index in [2.05, 4.69) is 181 Å². The maximum Gasteiger partial charge on any atom is 0.0546 e. The molecule has 2 aliphatic rings. The Bertz CT molecular complexity index is 2890. The minimum atomic E-state index is 0.949. The van der Waals surface area contributed by atoms with Gasteiger partial charge in [-0.3, -0.25) is 0 Å². The standard InChI is InChI=1S/C49H38N2/c1-32(34-25-27-44-42-21-11-14-24-48(42)51(49(44)30-34)35-15-5-3-6-16-35)29-45-33(2)50(47-23-13-12-22-43(45)47)36-26-28-41-39-20-10-9-19-37(39)38-17-7-4-8-18-40(38)46(41)31-36/h5,7-31H,3-4,6H2,1-2H3/b32-29+. The normalized spacial score (nSPS) is 14.6. The van der Waals surface area contributed by atoms with Crippen LogP contribution in [-0.4, -0.2) is 9.13 Å². The number of nitrogens with zero attached hydrogens (tertiary/aromatic N) is 2. The zero-order valence-corrected chi connectivity index (χ0v) is 29.0. The van der Waals surface area contributed by atoms with E-state index in [1.165, 1.54) is 99.2 Å². The molecule has 0 fully saturated rings. The number of para-hydroxylation sites is 2. The summed E-state index contributed by atoms with van der Waals surface area (Å²) in [5, 5.41) is 9.06. The number of benzene rings is 6. The van der Waals surface area contributed by atoms with Gasteiger partial charge in [0.05, 0.1) is 16.6 Å². The van der Waals surface area contributed by atoms with E-state index < -0.39 is 0 Å². The van der Waals surface area contributed by atoms with Gasteiger partial charge in [-0.05, 0) is 119 Å². The molecule has 2 nitrogen and oxygen atoms in total. The van der Waals surface area contributed by atoms with Gasteiger partial charge in [-0.1, -0.05) is 115 Å². The second-order valence-corrected chi connectivity index (χ2v) is 14.0. The van der Waals surface area contributed by atoms with Gasteiger partial charge in [-0.15, -0.1) is 0 Å². The summed E-state index contributed by atoms with van der Waals surface area (Å²) < 4.78 is 4.90. The molecule has 0 atom stereocenters. The molecule has 0 aliphatic heterocycles. The van der Waals surface area contributed by atoms with E-state index in [4.69, 9.17) is 0 Å². The Morgan fingerprint density at radius 2 is 1.20 bits per heavy atom. The summed E-state index contributed by atoms with van der Waals surface area (Å²) in [5.74, 6) is 0. The van der Waals surface area contributed by atoms with Gasteiger partial charge in [0, 0.05) is 38.8 Å². The number of hydrogen-bond donors (Lipinski definition) is 0. The third-order valence-corrected chi connectivity index (χ3v) is 11.1. The first-order valence-corrected chi connectivity index (χ1v) is 18.2. The predicted molar refractivity (Wildman–Crippen MR) is 221 cm³/mol. The molecule has 0 radical (unpaired) electrons. The van der Waals surface area contributed by atoms with Crippen LogP contribution >= 0.6 is 0 Å². The Kier molecular flexibility index (Phi) is 6.86. The molecule has 10 rings (SSSR count). The van der Waals surface area contributed by atoms with Crippen molar-refractivity contribution in [1.29, 1.82) is 0 Å². The first-order chi connectivity index (χ1) is 25.2. The van der Waals surface area contributed by atoms with Crippen LogP contribution in [-0.2, 0) is 0 Å². The minimum Gasteiger partial charge on any atom is -0.313 e.